The van der Waals surface area contributed by atoms with Crippen molar-refractivity contribution in [1.29, 1.82) is 0 Å². The van der Waals surface area contributed by atoms with Crippen LogP contribution in [-0.4, -0.2) is 42.4 Å². The van der Waals surface area contributed by atoms with E-state index in [1.54, 1.807) is 0 Å². The Morgan fingerprint density at radius 1 is 1.14 bits per heavy atom. The zero-order chi connectivity index (χ0) is 14.7. The highest BCUT2D eigenvalue weighted by Gasteiger charge is 2.35. The van der Waals surface area contributed by atoms with Crippen molar-refractivity contribution >= 4 is 0 Å². The van der Waals surface area contributed by atoms with Gasteiger partial charge >= 0.3 is 0 Å². The number of nitrogens with zero attached hydrogens (tertiary/aromatic N) is 1. The Balaban J connectivity index is 1.78. The molecule has 116 valence electrons. The molecule has 1 saturated heterocycles. The van der Waals surface area contributed by atoms with Crippen molar-refractivity contribution in [3.63, 3.8) is 0 Å². The standard InChI is InChI=1S/C18H27NO2/c1-14(16-7-3-5-9-18(16)20)15-6-2-4-8-17(15)19-10-12-21-13-11-19/h3,5,7,9,14-15,17,20H,2,4,6,8,10-13H2,1H3/t14-,15+,17-/m0/s1. The third-order valence-corrected chi connectivity index (χ3v) is 5.37. The van der Waals surface area contributed by atoms with Crippen LogP contribution in [0.2, 0.25) is 0 Å². The fourth-order valence-electron chi connectivity index (χ4n) is 4.19. The molecule has 1 aromatic rings. The highest BCUT2D eigenvalue weighted by atomic mass is 16.5. The van der Waals surface area contributed by atoms with E-state index in [4.69, 9.17) is 4.74 Å². The van der Waals surface area contributed by atoms with Crippen LogP contribution in [0.5, 0.6) is 5.75 Å². The van der Waals surface area contributed by atoms with Crippen molar-refractivity contribution in [1.82, 2.24) is 4.90 Å². The normalized spacial score (nSPS) is 29.2. The minimum atomic E-state index is 0.416. The van der Waals surface area contributed by atoms with E-state index in [-0.39, 0.29) is 0 Å². The van der Waals surface area contributed by atoms with Crippen LogP contribution in [0.15, 0.2) is 24.3 Å². The highest BCUT2D eigenvalue weighted by Crippen LogP contribution is 2.41. The highest BCUT2D eigenvalue weighted by molar-refractivity contribution is 5.35. The summed E-state index contributed by atoms with van der Waals surface area (Å²) in [5, 5.41) is 10.2. The zero-order valence-electron chi connectivity index (χ0n) is 13.0. The average molecular weight is 289 g/mol. The molecule has 3 rings (SSSR count). The second-order valence-corrected chi connectivity index (χ2v) is 6.51. The number of rotatable bonds is 3. The first kappa shape index (κ1) is 14.9. The Bertz CT molecular complexity index is 456. The first-order valence-corrected chi connectivity index (χ1v) is 8.37. The van der Waals surface area contributed by atoms with Gasteiger partial charge in [0.15, 0.2) is 0 Å². The Morgan fingerprint density at radius 2 is 1.86 bits per heavy atom. The van der Waals surface area contributed by atoms with Crippen LogP contribution in [0.4, 0.5) is 0 Å². The molecule has 3 nitrogen and oxygen atoms in total. The van der Waals surface area contributed by atoms with Gasteiger partial charge in [0, 0.05) is 19.1 Å². The van der Waals surface area contributed by atoms with Crippen LogP contribution < -0.4 is 0 Å². The van der Waals surface area contributed by atoms with Crippen LogP contribution in [-0.2, 0) is 4.74 Å². The topological polar surface area (TPSA) is 32.7 Å². The molecule has 1 aromatic carbocycles. The monoisotopic (exact) mass is 289 g/mol. The first-order valence-electron chi connectivity index (χ1n) is 8.37. The minimum absolute atomic E-state index is 0.416. The number of morpholine rings is 1. The van der Waals surface area contributed by atoms with Crippen LogP contribution in [0.1, 0.15) is 44.1 Å². The van der Waals surface area contributed by atoms with Gasteiger partial charge in [-0.3, -0.25) is 4.90 Å². The van der Waals surface area contributed by atoms with Gasteiger partial charge in [0.05, 0.1) is 13.2 Å². The smallest absolute Gasteiger partial charge is 0.119 e. The third kappa shape index (κ3) is 3.24. The number of hydrogen-bond acceptors (Lipinski definition) is 3. The maximum absolute atomic E-state index is 10.2. The summed E-state index contributed by atoms with van der Waals surface area (Å²) in [5.41, 5.74) is 1.11. The predicted octanol–water partition coefficient (Wildman–Crippen LogP) is 3.39. The first-order chi connectivity index (χ1) is 10.3. The number of aromatic hydroxyl groups is 1. The number of hydrogen-bond donors (Lipinski definition) is 1. The van der Waals surface area contributed by atoms with Gasteiger partial charge in [-0.15, -0.1) is 0 Å². The molecule has 1 N–H and O–H groups in total. The summed E-state index contributed by atoms with van der Waals surface area (Å²) in [5.74, 6) is 1.51. The average Bonchev–Trinajstić information content (AvgIpc) is 2.55. The van der Waals surface area contributed by atoms with Gasteiger partial charge in [-0.1, -0.05) is 38.0 Å². The van der Waals surface area contributed by atoms with Crippen molar-refractivity contribution in [2.75, 3.05) is 26.3 Å². The van der Waals surface area contributed by atoms with Gasteiger partial charge < -0.3 is 9.84 Å². The molecule has 0 spiro atoms. The van der Waals surface area contributed by atoms with Crippen molar-refractivity contribution < 1.29 is 9.84 Å². The molecule has 1 heterocycles. The van der Waals surface area contributed by atoms with E-state index in [0.717, 1.165) is 31.9 Å². The van der Waals surface area contributed by atoms with Crippen molar-refractivity contribution in [3.05, 3.63) is 29.8 Å². The van der Waals surface area contributed by atoms with E-state index >= 15 is 0 Å². The Morgan fingerprint density at radius 3 is 2.62 bits per heavy atom. The molecular weight excluding hydrogens is 262 g/mol. The van der Waals surface area contributed by atoms with Crippen molar-refractivity contribution in [3.8, 4) is 5.75 Å². The SMILES string of the molecule is C[C@H](c1ccccc1O)[C@H]1CCCC[C@@H]1N1CCOCC1. The largest absolute Gasteiger partial charge is 0.508 e. The van der Waals surface area contributed by atoms with E-state index in [0.29, 0.717) is 23.6 Å². The molecule has 0 radical (unpaired) electrons. The lowest BCUT2D eigenvalue weighted by Crippen LogP contribution is -2.49. The maximum Gasteiger partial charge on any atom is 0.119 e. The van der Waals surface area contributed by atoms with E-state index in [1.165, 1.54) is 25.7 Å². The molecule has 1 aliphatic carbocycles. The summed E-state index contributed by atoms with van der Waals surface area (Å²) in [6.07, 6.45) is 5.23. The summed E-state index contributed by atoms with van der Waals surface area (Å²) < 4.78 is 5.51. The number of para-hydroxylation sites is 1. The Kier molecular flexibility index (Phi) is 4.81. The molecule has 1 saturated carbocycles. The zero-order valence-corrected chi connectivity index (χ0v) is 13.0. The molecule has 2 aliphatic rings. The summed E-state index contributed by atoms with van der Waals surface area (Å²) in [6, 6.07) is 8.50. The van der Waals surface area contributed by atoms with Crippen LogP contribution in [0, 0.1) is 5.92 Å². The minimum Gasteiger partial charge on any atom is -0.508 e. The fraction of sp³-hybridized carbons (Fsp3) is 0.667. The quantitative estimate of drug-likeness (QED) is 0.926. The van der Waals surface area contributed by atoms with Crippen molar-refractivity contribution in [2.45, 2.75) is 44.6 Å². The summed E-state index contributed by atoms with van der Waals surface area (Å²) in [4.78, 5) is 2.63. The molecule has 2 fully saturated rings. The third-order valence-electron chi connectivity index (χ3n) is 5.37. The lowest BCUT2D eigenvalue weighted by molar-refractivity contribution is -0.0109. The number of ether oxygens (including phenoxy) is 1. The number of phenols is 1. The van der Waals surface area contributed by atoms with E-state index < -0.39 is 0 Å². The lowest BCUT2D eigenvalue weighted by atomic mass is 9.73. The van der Waals surface area contributed by atoms with E-state index in [2.05, 4.69) is 17.9 Å². The van der Waals surface area contributed by atoms with E-state index in [1.807, 2.05) is 18.2 Å². The molecule has 0 aromatic heterocycles. The fourth-order valence-corrected chi connectivity index (χ4v) is 4.19. The predicted molar refractivity (Wildman–Crippen MR) is 84.7 cm³/mol. The second kappa shape index (κ2) is 6.80. The number of benzene rings is 1. The summed E-state index contributed by atoms with van der Waals surface area (Å²) in [6.45, 7) is 6.16. The van der Waals surface area contributed by atoms with Crippen LogP contribution in [0.3, 0.4) is 0 Å². The molecule has 0 amide bonds. The molecule has 3 atom stereocenters. The Labute approximate surface area is 127 Å². The second-order valence-electron chi connectivity index (χ2n) is 6.51. The number of phenolic OH excluding ortho intramolecular Hbond substituents is 1. The maximum atomic E-state index is 10.2. The molecular formula is C18H27NO2. The van der Waals surface area contributed by atoms with Crippen LogP contribution >= 0.6 is 0 Å². The summed E-state index contributed by atoms with van der Waals surface area (Å²) >= 11 is 0. The van der Waals surface area contributed by atoms with Gasteiger partial charge in [-0.25, -0.2) is 0 Å². The Hall–Kier alpha value is -1.06. The van der Waals surface area contributed by atoms with Gasteiger partial charge in [-0.2, -0.15) is 0 Å². The van der Waals surface area contributed by atoms with Crippen LogP contribution in [0.25, 0.3) is 0 Å². The van der Waals surface area contributed by atoms with Gasteiger partial charge in [0.1, 0.15) is 5.75 Å². The summed E-state index contributed by atoms with van der Waals surface area (Å²) in [7, 11) is 0. The molecule has 0 unspecified atom stereocenters. The van der Waals surface area contributed by atoms with Gasteiger partial charge in [-0.05, 0) is 36.3 Å². The molecule has 3 heteroatoms. The lowest BCUT2D eigenvalue weighted by Gasteiger charge is -2.44. The molecule has 0 bridgehead atoms. The molecule has 1 aliphatic heterocycles. The van der Waals surface area contributed by atoms with Gasteiger partial charge in [0.25, 0.3) is 0 Å². The molecule has 21 heavy (non-hydrogen) atoms. The van der Waals surface area contributed by atoms with Gasteiger partial charge in [0.2, 0.25) is 0 Å². The van der Waals surface area contributed by atoms with E-state index in [9.17, 15) is 5.11 Å². The van der Waals surface area contributed by atoms with Crippen molar-refractivity contribution in [2.24, 2.45) is 5.92 Å².